The Morgan fingerprint density at radius 2 is 2.00 bits per heavy atom. The first kappa shape index (κ1) is 11.7. The molecule has 2 heterocycles. The number of nitrogens with one attached hydrogen (secondary N) is 1. The molecule has 0 aliphatic carbocycles. The third kappa shape index (κ3) is 2.68. The highest BCUT2D eigenvalue weighted by Gasteiger charge is 2.14. The summed E-state index contributed by atoms with van der Waals surface area (Å²) >= 11 is 0. The van der Waals surface area contributed by atoms with Crippen LogP contribution in [0.3, 0.4) is 0 Å². The van der Waals surface area contributed by atoms with Gasteiger partial charge in [0.05, 0.1) is 6.04 Å². The van der Waals surface area contributed by atoms with Gasteiger partial charge in [-0.05, 0) is 42.3 Å². The van der Waals surface area contributed by atoms with Crippen LogP contribution in [0.2, 0.25) is 0 Å². The van der Waals surface area contributed by atoms with Gasteiger partial charge in [0.25, 0.3) is 0 Å². The zero-order valence-corrected chi connectivity index (χ0v) is 10.2. The van der Waals surface area contributed by atoms with E-state index < -0.39 is 0 Å². The summed E-state index contributed by atoms with van der Waals surface area (Å²) in [6, 6.07) is 6.32. The number of nitrogens with zero attached hydrogens (tertiary/aromatic N) is 2. The molecule has 0 saturated heterocycles. The Morgan fingerprint density at radius 3 is 2.65 bits per heavy atom. The van der Waals surface area contributed by atoms with E-state index in [4.69, 9.17) is 0 Å². The Hall–Kier alpha value is -1.74. The minimum Gasteiger partial charge on any atom is -0.306 e. The molecule has 0 fully saturated rings. The van der Waals surface area contributed by atoms with E-state index in [0.29, 0.717) is 0 Å². The number of aryl methyl sites for hydroxylation is 1. The molecular formula is C14H17N3. The molecule has 2 aromatic heterocycles. The van der Waals surface area contributed by atoms with Gasteiger partial charge in [0.15, 0.2) is 0 Å². The molecule has 0 aliphatic rings. The van der Waals surface area contributed by atoms with Crippen LogP contribution in [0, 0.1) is 6.92 Å². The smallest absolute Gasteiger partial charge is 0.0595 e. The highest BCUT2D eigenvalue weighted by atomic mass is 14.9. The van der Waals surface area contributed by atoms with Gasteiger partial charge < -0.3 is 5.32 Å². The van der Waals surface area contributed by atoms with Gasteiger partial charge in [-0.1, -0.05) is 13.0 Å². The third-order valence-electron chi connectivity index (χ3n) is 2.80. The summed E-state index contributed by atoms with van der Waals surface area (Å²) in [5.41, 5.74) is 3.64. The first-order valence-corrected chi connectivity index (χ1v) is 5.86. The quantitative estimate of drug-likeness (QED) is 0.872. The van der Waals surface area contributed by atoms with Crippen molar-refractivity contribution in [2.75, 3.05) is 6.54 Å². The molecule has 0 aliphatic heterocycles. The first-order chi connectivity index (χ1) is 8.33. The van der Waals surface area contributed by atoms with Gasteiger partial charge in [-0.3, -0.25) is 9.97 Å². The molecule has 0 bridgehead atoms. The maximum atomic E-state index is 4.19. The molecular weight excluding hydrogens is 210 g/mol. The predicted octanol–water partition coefficient (Wildman–Crippen LogP) is 2.48. The van der Waals surface area contributed by atoms with Crippen molar-refractivity contribution in [2.45, 2.75) is 19.9 Å². The SMILES string of the molecule is CCNC(c1cccnc1)c1ccncc1C. The van der Waals surface area contributed by atoms with E-state index in [9.17, 15) is 0 Å². The van der Waals surface area contributed by atoms with Gasteiger partial charge in [-0.2, -0.15) is 0 Å². The molecule has 2 aromatic rings. The fourth-order valence-electron chi connectivity index (χ4n) is 1.97. The zero-order valence-electron chi connectivity index (χ0n) is 10.2. The molecule has 0 saturated carbocycles. The molecule has 88 valence electrons. The van der Waals surface area contributed by atoms with Crippen LogP contribution in [0.1, 0.15) is 29.7 Å². The molecule has 1 unspecified atom stereocenters. The molecule has 1 atom stereocenters. The third-order valence-corrected chi connectivity index (χ3v) is 2.80. The molecule has 0 radical (unpaired) electrons. The fourth-order valence-corrected chi connectivity index (χ4v) is 1.97. The van der Waals surface area contributed by atoms with E-state index in [1.54, 1.807) is 6.20 Å². The van der Waals surface area contributed by atoms with Crippen LogP contribution >= 0.6 is 0 Å². The fraction of sp³-hybridized carbons (Fsp3) is 0.286. The summed E-state index contributed by atoms with van der Waals surface area (Å²) < 4.78 is 0. The number of rotatable bonds is 4. The average Bonchev–Trinajstić information content (AvgIpc) is 2.38. The lowest BCUT2D eigenvalue weighted by Gasteiger charge is -2.20. The second-order valence-electron chi connectivity index (χ2n) is 4.01. The maximum Gasteiger partial charge on any atom is 0.0595 e. The van der Waals surface area contributed by atoms with E-state index in [1.165, 1.54) is 16.7 Å². The van der Waals surface area contributed by atoms with Crippen molar-refractivity contribution in [1.82, 2.24) is 15.3 Å². The first-order valence-electron chi connectivity index (χ1n) is 5.86. The van der Waals surface area contributed by atoms with Crippen molar-refractivity contribution in [1.29, 1.82) is 0 Å². The Kier molecular flexibility index (Phi) is 3.83. The van der Waals surface area contributed by atoms with Crippen molar-refractivity contribution in [3.63, 3.8) is 0 Å². The zero-order chi connectivity index (χ0) is 12.1. The van der Waals surface area contributed by atoms with Gasteiger partial charge in [-0.15, -0.1) is 0 Å². The minimum absolute atomic E-state index is 0.191. The van der Waals surface area contributed by atoms with Crippen molar-refractivity contribution >= 4 is 0 Å². The summed E-state index contributed by atoms with van der Waals surface area (Å²) in [6.45, 7) is 5.12. The van der Waals surface area contributed by atoms with Crippen LogP contribution in [0.5, 0.6) is 0 Å². The lowest BCUT2D eigenvalue weighted by Crippen LogP contribution is -2.22. The van der Waals surface area contributed by atoms with Crippen LogP contribution in [0.15, 0.2) is 43.0 Å². The predicted molar refractivity (Wildman–Crippen MR) is 68.7 cm³/mol. The molecule has 1 N–H and O–H groups in total. The number of hydrogen-bond donors (Lipinski definition) is 1. The Labute approximate surface area is 102 Å². The Bertz CT molecular complexity index is 468. The van der Waals surface area contributed by atoms with Gasteiger partial charge in [0.2, 0.25) is 0 Å². The molecule has 17 heavy (non-hydrogen) atoms. The van der Waals surface area contributed by atoms with Crippen LogP contribution in [0.25, 0.3) is 0 Å². The van der Waals surface area contributed by atoms with E-state index >= 15 is 0 Å². The summed E-state index contributed by atoms with van der Waals surface area (Å²) in [4.78, 5) is 8.33. The number of pyridine rings is 2. The molecule has 3 heteroatoms. The second kappa shape index (κ2) is 5.55. The summed E-state index contributed by atoms with van der Waals surface area (Å²) in [5, 5.41) is 3.49. The van der Waals surface area contributed by atoms with Crippen molar-refractivity contribution in [3.05, 3.63) is 59.7 Å². The second-order valence-corrected chi connectivity index (χ2v) is 4.01. The van der Waals surface area contributed by atoms with Crippen LogP contribution in [0.4, 0.5) is 0 Å². The topological polar surface area (TPSA) is 37.8 Å². The number of aromatic nitrogens is 2. The van der Waals surface area contributed by atoms with Gasteiger partial charge >= 0.3 is 0 Å². The van der Waals surface area contributed by atoms with Crippen LogP contribution in [-0.4, -0.2) is 16.5 Å². The molecule has 0 aromatic carbocycles. The van der Waals surface area contributed by atoms with Gasteiger partial charge in [0.1, 0.15) is 0 Å². The van der Waals surface area contributed by atoms with E-state index in [1.807, 2.05) is 24.7 Å². The summed E-state index contributed by atoms with van der Waals surface area (Å²) in [6.07, 6.45) is 7.44. The van der Waals surface area contributed by atoms with Crippen LogP contribution in [-0.2, 0) is 0 Å². The largest absolute Gasteiger partial charge is 0.306 e. The van der Waals surface area contributed by atoms with Crippen molar-refractivity contribution < 1.29 is 0 Å². The normalized spacial score (nSPS) is 12.4. The number of hydrogen-bond acceptors (Lipinski definition) is 3. The highest BCUT2D eigenvalue weighted by Crippen LogP contribution is 2.23. The summed E-state index contributed by atoms with van der Waals surface area (Å²) in [5.74, 6) is 0. The molecule has 3 nitrogen and oxygen atoms in total. The monoisotopic (exact) mass is 227 g/mol. The van der Waals surface area contributed by atoms with Gasteiger partial charge in [-0.25, -0.2) is 0 Å². The lowest BCUT2D eigenvalue weighted by molar-refractivity contribution is 0.625. The lowest BCUT2D eigenvalue weighted by atomic mass is 9.97. The van der Waals surface area contributed by atoms with Crippen molar-refractivity contribution in [3.8, 4) is 0 Å². The Balaban J connectivity index is 2.39. The van der Waals surface area contributed by atoms with E-state index in [2.05, 4.69) is 41.3 Å². The van der Waals surface area contributed by atoms with Gasteiger partial charge in [0, 0.05) is 24.8 Å². The van der Waals surface area contributed by atoms with E-state index in [-0.39, 0.29) is 6.04 Å². The molecule has 2 rings (SSSR count). The maximum absolute atomic E-state index is 4.19. The summed E-state index contributed by atoms with van der Waals surface area (Å²) in [7, 11) is 0. The standard InChI is InChI=1S/C14H17N3/c1-3-17-14(12-5-4-7-15-10-12)13-6-8-16-9-11(13)2/h4-10,14,17H,3H2,1-2H3. The van der Waals surface area contributed by atoms with Crippen LogP contribution < -0.4 is 5.32 Å². The van der Waals surface area contributed by atoms with Crippen molar-refractivity contribution in [2.24, 2.45) is 0 Å². The highest BCUT2D eigenvalue weighted by molar-refractivity contribution is 5.33. The van der Waals surface area contributed by atoms with E-state index in [0.717, 1.165) is 6.54 Å². The Morgan fingerprint density at radius 1 is 1.18 bits per heavy atom. The molecule has 0 amide bonds. The minimum atomic E-state index is 0.191. The average molecular weight is 227 g/mol. The molecule has 0 spiro atoms.